The van der Waals surface area contributed by atoms with Crippen molar-refractivity contribution in [2.45, 2.75) is 0 Å². The van der Waals surface area contributed by atoms with Crippen LogP contribution in [-0.4, -0.2) is 163 Å². The van der Waals surface area contributed by atoms with Crippen molar-refractivity contribution >= 4 is 60.8 Å². The third-order valence-corrected chi connectivity index (χ3v) is 17.0. The molecule has 320 valence electrons. The number of piperazine rings is 2. The minimum Gasteiger partial charge on any atom is -0.778 e. The Morgan fingerprint density at radius 2 is 0.423 bits per heavy atom. The largest absolute Gasteiger partial charge is 0.778 e. The van der Waals surface area contributed by atoms with Gasteiger partial charge in [-0.25, -0.2) is 0 Å². The molecule has 0 amide bonds. The molecule has 16 N–H and O–H groups in total. The average molecular weight is 932 g/mol. The molecular weight excluding hydrogens is 880 g/mol. The molecule has 36 heteroatoms. The summed E-state index contributed by atoms with van der Waals surface area (Å²) >= 11 is 0. The van der Waals surface area contributed by atoms with E-state index in [1.165, 1.54) is 52.4 Å². The van der Waals surface area contributed by atoms with Gasteiger partial charge in [0, 0.05) is 0 Å². The molecule has 0 aromatic rings. The molecule has 0 spiro atoms. The van der Waals surface area contributed by atoms with E-state index in [0.717, 1.165) is 0 Å². The Bertz CT molecular complexity index is 1080. The quantitative estimate of drug-likeness (QED) is 0.100. The lowest BCUT2D eigenvalue weighted by molar-refractivity contribution is -0.994. The van der Waals surface area contributed by atoms with Crippen LogP contribution in [0.5, 0.6) is 0 Å². The van der Waals surface area contributed by atoms with E-state index in [2.05, 4.69) is 28.2 Å². The van der Waals surface area contributed by atoms with E-state index < -0.39 is 84.4 Å². The minimum atomic E-state index is -4.80. The Labute approximate surface area is 299 Å². The van der Waals surface area contributed by atoms with Crippen molar-refractivity contribution in [1.29, 1.82) is 0 Å². The molecule has 4 atom stereocenters. The summed E-state index contributed by atoms with van der Waals surface area (Å²) in [5.74, 6) is -5.94. The van der Waals surface area contributed by atoms with E-state index in [0.29, 0.717) is 0 Å². The first kappa shape index (κ1) is 59.7. The lowest BCUT2D eigenvalue weighted by Gasteiger charge is -2.23. The minimum absolute atomic E-state index is 1.35. The van der Waals surface area contributed by atoms with Gasteiger partial charge in [0.1, 0.15) is 106 Å². The third-order valence-electron chi connectivity index (χ3n) is 5.37. The molecule has 2 heterocycles. The van der Waals surface area contributed by atoms with Gasteiger partial charge in [0.05, 0.1) is 28.2 Å². The van der Waals surface area contributed by atoms with Crippen LogP contribution in [0.25, 0.3) is 0 Å². The molecule has 2 aliphatic rings. The normalized spacial score (nSPS) is 25.5. The third kappa shape index (κ3) is 63.0. The van der Waals surface area contributed by atoms with Gasteiger partial charge < -0.3 is 116 Å². The van der Waals surface area contributed by atoms with Gasteiger partial charge in [0.15, 0.2) is 0 Å². The first-order chi connectivity index (χ1) is 22.4. The topological polar surface area (TPSA) is 489 Å². The molecule has 2 aliphatic heterocycles. The number of hydrogen-bond donors (Lipinski definition) is 16. The molecule has 0 aliphatic carbocycles. The average Bonchev–Trinajstić information content (AvgIpc) is 2.75. The molecule has 0 aromatic heterocycles. The van der Waals surface area contributed by atoms with E-state index in [-0.39, 0.29) is 0 Å². The van der Waals surface area contributed by atoms with Gasteiger partial charge in [-0.3, -0.25) is 18.3 Å². The van der Waals surface area contributed by atoms with Crippen LogP contribution in [0, 0.1) is 0 Å². The highest BCUT2D eigenvalue weighted by Gasteiger charge is 2.22. The first-order valence-corrected chi connectivity index (χ1v) is 28.2. The summed E-state index contributed by atoms with van der Waals surface area (Å²) in [7, 11) is -28.6. The van der Waals surface area contributed by atoms with E-state index in [9.17, 15) is 56.1 Å². The zero-order valence-corrected chi connectivity index (χ0v) is 35.5. The zero-order chi connectivity index (χ0) is 42.8. The van der Waals surface area contributed by atoms with Gasteiger partial charge in [-0.2, -0.15) is 0 Å². The van der Waals surface area contributed by atoms with E-state index in [1.54, 1.807) is 19.6 Å². The molecule has 28 nitrogen and oxygen atoms in total. The molecule has 52 heavy (non-hydrogen) atoms. The number of likely N-dealkylation sites (N-methyl/N-ethyl adjacent to an activating group) is 4. The van der Waals surface area contributed by atoms with Crippen molar-refractivity contribution < 1.29 is 134 Å². The van der Waals surface area contributed by atoms with Crippen LogP contribution >= 0.6 is 60.8 Å². The van der Waals surface area contributed by atoms with Gasteiger partial charge in [-0.15, -0.1) is 0 Å². The van der Waals surface area contributed by atoms with Crippen LogP contribution in [0.2, 0.25) is 0 Å². The maximum Gasteiger partial charge on any atom is 0.333 e. The van der Waals surface area contributed by atoms with Gasteiger partial charge in [0.2, 0.25) is 0 Å². The number of quaternary nitrogens is 4. The fourth-order valence-corrected chi connectivity index (χ4v) is 10.6. The summed E-state index contributed by atoms with van der Waals surface area (Å²) in [6.45, 7) is 10.8. The summed E-state index contributed by atoms with van der Waals surface area (Å²) < 4.78 is 78.2. The lowest BCUT2D eigenvalue weighted by Crippen LogP contribution is -3.25. The number of nitrogens with one attached hydrogen (secondary N) is 4. The van der Waals surface area contributed by atoms with E-state index in [1.807, 2.05) is 0 Å². The van der Waals surface area contributed by atoms with Gasteiger partial charge in [0.25, 0.3) is 0 Å². The smallest absolute Gasteiger partial charge is 0.333 e. The Morgan fingerprint density at radius 1 is 0.327 bits per heavy atom. The van der Waals surface area contributed by atoms with Crippen molar-refractivity contribution in [3.63, 3.8) is 0 Å². The Kier molecular flexibility index (Phi) is 29.2. The Morgan fingerprint density at radius 3 is 0.462 bits per heavy atom. The van der Waals surface area contributed by atoms with Gasteiger partial charge in [-0.1, -0.05) is 0 Å². The standard InChI is InChI=1S/2C6H14N2.4CH6O6P2/c2*1-7-3-5-8(2)6-4-7;4*2-8(3,4)1-9(5,6)7/h2*3-6H2,1-2H3;4*1H2,(H2,2,3,4)(H2,5,6,7). The predicted octanol–water partition coefficient (Wildman–Crippen LogP) is -11.3. The number of rotatable bonds is 8. The molecule has 2 rings (SSSR count). The van der Waals surface area contributed by atoms with Crippen molar-refractivity contribution in [3.8, 4) is 0 Å². The van der Waals surface area contributed by atoms with Gasteiger partial charge >= 0.3 is 30.4 Å². The molecule has 0 radical (unpaired) electrons. The lowest BCUT2D eigenvalue weighted by atomic mass is 10.4. The second-order valence-electron chi connectivity index (χ2n) is 11.6. The van der Waals surface area contributed by atoms with Crippen LogP contribution in [0.1, 0.15) is 0 Å². The summed E-state index contributed by atoms with van der Waals surface area (Å²) in [4.78, 5) is 141. The fourth-order valence-electron chi connectivity index (χ4n) is 3.14. The fraction of sp³-hybridized carbons (Fsp3) is 1.00. The Hall–Kier alpha value is 1.04. The second kappa shape index (κ2) is 25.4. The van der Waals surface area contributed by atoms with Crippen LogP contribution in [0.15, 0.2) is 0 Å². The van der Waals surface area contributed by atoms with Crippen LogP contribution in [-0.2, 0) is 36.5 Å². The van der Waals surface area contributed by atoms with E-state index >= 15 is 0 Å². The highest BCUT2D eigenvalue weighted by Crippen LogP contribution is 2.50. The highest BCUT2D eigenvalue weighted by atomic mass is 31.3. The second-order valence-corrected chi connectivity index (χ2v) is 26.5. The van der Waals surface area contributed by atoms with Crippen molar-refractivity contribution in [1.82, 2.24) is 0 Å². The van der Waals surface area contributed by atoms with E-state index in [4.69, 9.17) is 58.7 Å². The molecule has 2 fully saturated rings. The highest BCUT2D eigenvalue weighted by molar-refractivity contribution is 7.70. The molecule has 0 aromatic carbocycles. The van der Waals surface area contributed by atoms with Crippen molar-refractivity contribution in [3.05, 3.63) is 0 Å². The summed E-state index contributed by atoms with van der Waals surface area (Å²) in [5.41, 5.74) is 0. The SMILES string of the molecule is C[NH+]1CC[NH+](C)CC1.C[NH+]1CC[NH+](C)CC1.O=P([O-])(O)CP(=O)(O)O.O=P([O-])(O)CP(=O)(O)O.O=P([O-])(O)CP(=O)(O)O.O=P([O-])(O)CP(=O)(O)O. The molecule has 0 saturated carbocycles. The van der Waals surface area contributed by atoms with Crippen molar-refractivity contribution in [2.24, 2.45) is 0 Å². The first-order valence-electron chi connectivity index (χ1n) is 13.9. The maximum atomic E-state index is 9.81. The van der Waals surface area contributed by atoms with Crippen LogP contribution < -0.4 is 39.2 Å². The summed E-state index contributed by atoms with van der Waals surface area (Å²) in [5, 5.41) is 0. The molecule has 2 saturated heterocycles. The maximum absolute atomic E-state index is 9.81. The molecule has 0 bridgehead atoms. The monoisotopic (exact) mass is 932 g/mol. The van der Waals surface area contributed by atoms with Gasteiger partial charge in [-0.05, 0) is 0 Å². The Balaban J connectivity index is -0.000000266. The summed E-state index contributed by atoms with van der Waals surface area (Å²) in [6.07, 6.45) is 0. The molecular formula is C16H52N4O24P8. The molecule has 4 unspecified atom stereocenters. The van der Waals surface area contributed by atoms with Crippen molar-refractivity contribution in [2.75, 3.05) is 104 Å². The number of hydrogen-bond acceptors (Lipinski definition) is 12. The van der Waals surface area contributed by atoms with Crippen LogP contribution in [0.4, 0.5) is 0 Å². The van der Waals surface area contributed by atoms with Crippen LogP contribution in [0.3, 0.4) is 0 Å². The summed E-state index contributed by atoms with van der Waals surface area (Å²) in [6, 6.07) is 0. The zero-order valence-electron chi connectivity index (χ0n) is 28.3. The predicted molar refractivity (Wildman–Crippen MR) is 173 cm³/mol.